The van der Waals surface area contributed by atoms with E-state index in [1.807, 2.05) is 30.3 Å². The van der Waals surface area contributed by atoms with Crippen molar-refractivity contribution in [2.75, 3.05) is 32.7 Å². The number of carbonyl (C=O) groups excluding carboxylic acids is 1. The Labute approximate surface area is 178 Å². The highest BCUT2D eigenvalue weighted by Gasteiger charge is 2.19. The Morgan fingerprint density at radius 2 is 1.72 bits per heavy atom. The van der Waals surface area contributed by atoms with E-state index >= 15 is 0 Å². The van der Waals surface area contributed by atoms with Crippen molar-refractivity contribution < 1.29 is 4.79 Å². The Morgan fingerprint density at radius 1 is 1.07 bits per heavy atom. The summed E-state index contributed by atoms with van der Waals surface area (Å²) in [6.07, 6.45) is 1.68. The lowest BCUT2D eigenvalue weighted by molar-refractivity contribution is -0.122. The van der Waals surface area contributed by atoms with Crippen LogP contribution >= 0.6 is 11.6 Å². The molecule has 154 valence electrons. The van der Waals surface area contributed by atoms with Crippen LogP contribution in [0.15, 0.2) is 53.6 Å². The molecule has 1 N–H and O–H groups in total. The first-order valence-electron chi connectivity index (χ1n) is 10.1. The van der Waals surface area contributed by atoms with Gasteiger partial charge in [-0.2, -0.15) is 5.10 Å². The topological polar surface area (TPSA) is 47.9 Å². The predicted molar refractivity (Wildman–Crippen MR) is 119 cm³/mol. The molecule has 1 aliphatic heterocycles. The zero-order chi connectivity index (χ0) is 20.6. The summed E-state index contributed by atoms with van der Waals surface area (Å²) in [6.45, 7) is 9.10. The molecular formula is C23H29ClN4O. The van der Waals surface area contributed by atoms with Crippen molar-refractivity contribution in [2.24, 2.45) is 5.10 Å². The van der Waals surface area contributed by atoms with Gasteiger partial charge in [0.2, 0.25) is 0 Å². The van der Waals surface area contributed by atoms with Gasteiger partial charge in [0.05, 0.1) is 12.8 Å². The second-order valence-electron chi connectivity index (χ2n) is 7.76. The third-order valence-electron chi connectivity index (χ3n) is 5.19. The summed E-state index contributed by atoms with van der Waals surface area (Å²) in [6, 6.07) is 16.2. The zero-order valence-corrected chi connectivity index (χ0v) is 17.9. The Morgan fingerprint density at radius 3 is 2.38 bits per heavy atom. The Bertz CT molecular complexity index is 827. The summed E-state index contributed by atoms with van der Waals surface area (Å²) in [5.41, 5.74) is 6.05. The van der Waals surface area contributed by atoms with Crippen LogP contribution in [0.5, 0.6) is 0 Å². The maximum absolute atomic E-state index is 12.2. The summed E-state index contributed by atoms with van der Waals surface area (Å²) >= 11 is 6.25. The van der Waals surface area contributed by atoms with Gasteiger partial charge in [-0.15, -0.1) is 0 Å². The fourth-order valence-electron chi connectivity index (χ4n) is 3.36. The Hall–Kier alpha value is -2.21. The van der Waals surface area contributed by atoms with Crippen LogP contribution in [0.3, 0.4) is 0 Å². The van der Waals surface area contributed by atoms with E-state index in [4.69, 9.17) is 11.6 Å². The van der Waals surface area contributed by atoms with Gasteiger partial charge < -0.3 is 0 Å². The Kier molecular flexibility index (Phi) is 7.81. The SMILES string of the molecule is CC(C)c1ccc(C=NNC(=O)CN2CCN(Cc3ccccc3Cl)CC2)cc1. The van der Waals surface area contributed by atoms with Crippen molar-refractivity contribution in [3.8, 4) is 0 Å². The molecule has 0 unspecified atom stereocenters. The average molecular weight is 413 g/mol. The average Bonchev–Trinajstić information content (AvgIpc) is 2.71. The lowest BCUT2D eigenvalue weighted by Crippen LogP contribution is -2.48. The third kappa shape index (κ3) is 6.67. The number of carbonyl (C=O) groups is 1. The molecule has 1 aliphatic rings. The van der Waals surface area contributed by atoms with Crippen LogP contribution in [0.4, 0.5) is 0 Å². The summed E-state index contributed by atoms with van der Waals surface area (Å²) < 4.78 is 0. The molecule has 0 spiro atoms. The maximum atomic E-state index is 12.2. The molecule has 0 bridgehead atoms. The molecule has 0 aromatic heterocycles. The first kappa shape index (κ1) is 21.5. The van der Waals surface area contributed by atoms with E-state index < -0.39 is 0 Å². The summed E-state index contributed by atoms with van der Waals surface area (Å²) in [7, 11) is 0. The number of hydrogen-bond donors (Lipinski definition) is 1. The molecule has 6 heteroatoms. The molecule has 0 atom stereocenters. The van der Waals surface area contributed by atoms with Crippen molar-refractivity contribution >= 4 is 23.7 Å². The van der Waals surface area contributed by atoms with Crippen LogP contribution in [0, 0.1) is 0 Å². The highest BCUT2D eigenvalue weighted by atomic mass is 35.5. The van der Waals surface area contributed by atoms with Gasteiger partial charge in [-0.25, -0.2) is 5.43 Å². The van der Waals surface area contributed by atoms with E-state index in [-0.39, 0.29) is 5.91 Å². The molecular weight excluding hydrogens is 384 g/mol. The highest BCUT2D eigenvalue weighted by molar-refractivity contribution is 6.31. The monoisotopic (exact) mass is 412 g/mol. The van der Waals surface area contributed by atoms with Crippen LogP contribution in [0.2, 0.25) is 5.02 Å². The lowest BCUT2D eigenvalue weighted by Gasteiger charge is -2.34. The van der Waals surface area contributed by atoms with Crippen molar-refractivity contribution in [2.45, 2.75) is 26.3 Å². The van der Waals surface area contributed by atoms with Crippen molar-refractivity contribution in [3.63, 3.8) is 0 Å². The quantitative estimate of drug-likeness (QED) is 0.556. The molecule has 2 aromatic rings. The Balaban J connectivity index is 1.39. The zero-order valence-electron chi connectivity index (χ0n) is 17.1. The van der Waals surface area contributed by atoms with Gasteiger partial charge in [-0.1, -0.05) is 67.9 Å². The molecule has 1 amide bonds. The molecule has 29 heavy (non-hydrogen) atoms. The van der Waals surface area contributed by atoms with E-state index in [0.717, 1.165) is 48.9 Å². The minimum Gasteiger partial charge on any atom is -0.296 e. The van der Waals surface area contributed by atoms with E-state index in [1.54, 1.807) is 6.21 Å². The van der Waals surface area contributed by atoms with E-state index in [9.17, 15) is 4.79 Å². The second kappa shape index (κ2) is 10.5. The van der Waals surface area contributed by atoms with Crippen molar-refractivity contribution in [1.29, 1.82) is 0 Å². The molecule has 5 nitrogen and oxygen atoms in total. The molecule has 0 radical (unpaired) electrons. The second-order valence-corrected chi connectivity index (χ2v) is 8.17. The van der Waals surface area contributed by atoms with Gasteiger partial charge in [-0.05, 0) is 28.7 Å². The van der Waals surface area contributed by atoms with Crippen LogP contribution in [-0.4, -0.2) is 54.6 Å². The largest absolute Gasteiger partial charge is 0.296 e. The lowest BCUT2D eigenvalue weighted by atomic mass is 10.0. The van der Waals surface area contributed by atoms with Gasteiger partial charge in [0.15, 0.2) is 0 Å². The first-order chi connectivity index (χ1) is 14.0. The summed E-state index contributed by atoms with van der Waals surface area (Å²) in [4.78, 5) is 16.7. The maximum Gasteiger partial charge on any atom is 0.254 e. The van der Waals surface area contributed by atoms with E-state index in [1.165, 1.54) is 5.56 Å². The summed E-state index contributed by atoms with van der Waals surface area (Å²) in [5, 5.41) is 4.90. The minimum atomic E-state index is -0.0837. The standard InChI is InChI=1S/C23H29ClN4O/c1-18(2)20-9-7-19(8-10-20)15-25-26-23(29)17-28-13-11-27(12-14-28)16-21-5-3-4-6-22(21)24/h3-10,15,18H,11-14,16-17H2,1-2H3,(H,26,29). The summed E-state index contributed by atoms with van der Waals surface area (Å²) in [5.74, 6) is 0.422. The molecule has 0 aliphatic carbocycles. The fraction of sp³-hybridized carbons (Fsp3) is 0.391. The van der Waals surface area contributed by atoms with E-state index in [2.05, 4.69) is 52.4 Å². The smallest absolute Gasteiger partial charge is 0.254 e. The van der Waals surface area contributed by atoms with Gasteiger partial charge >= 0.3 is 0 Å². The molecule has 1 fully saturated rings. The number of amides is 1. The minimum absolute atomic E-state index is 0.0837. The van der Waals surface area contributed by atoms with Crippen LogP contribution in [-0.2, 0) is 11.3 Å². The number of hydrazone groups is 1. The van der Waals surface area contributed by atoms with Gasteiger partial charge in [0, 0.05) is 37.7 Å². The fourth-order valence-corrected chi connectivity index (χ4v) is 3.55. The highest BCUT2D eigenvalue weighted by Crippen LogP contribution is 2.18. The number of rotatable bonds is 7. The number of halogens is 1. The molecule has 3 rings (SSSR count). The molecule has 2 aromatic carbocycles. The van der Waals surface area contributed by atoms with Crippen LogP contribution in [0.25, 0.3) is 0 Å². The number of piperazine rings is 1. The van der Waals surface area contributed by atoms with Crippen LogP contribution in [0.1, 0.15) is 36.5 Å². The number of benzene rings is 2. The van der Waals surface area contributed by atoms with E-state index in [0.29, 0.717) is 12.5 Å². The van der Waals surface area contributed by atoms with Crippen LogP contribution < -0.4 is 5.43 Å². The van der Waals surface area contributed by atoms with Gasteiger partial charge in [0.1, 0.15) is 0 Å². The van der Waals surface area contributed by atoms with Crippen molar-refractivity contribution in [1.82, 2.24) is 15.2 Å². The number of nitrogens with one attached hydrogen (secondary N) is 1. The predicted octanol–water partition coefficient (Wildman–Crippen LogP) is 3.73. The van der Waals surface area contributed by atoms with Gasteiger partial charge in [-0.3, -0.25) is 14.6 Å². The number of hydrogen-bond acceptors (Lipinski definition) is 4. The molecule has 1 heterocycles. The normalized spacial score (nSPS) is 15.9. The molecule has 0 saturated carbocycles. The van der Waals surface area contributed by atoms with Gasteiger partial charge in [0.25, 0.3) is 5.91 Å². The molecule has 1 saturated heterocycles. The third-order valence-corrected chi connectivity index (χ3v) is 5.56. The van der Waals surface area contributed by atoms with Crippen molar-refractivity contribution in [3.05, 3.63) is 70.2 Å². The number of nitrogens with zero attached hydrogens (tertiary/aromatic N) is 3. The first-order valence-corrected chi connectivity index (χ1v) is 10.5.